The van der Waals surface area contributed by atoms with Gasteiger partial charge < -0.3 is 15.1 Å². The number of carbonyl (C=O) groups is 1. The average Bonchev–Trinajstić information content (AvgIpc) is 3.37. The van der Waals surface area contributed by atoms with E-state index in [0.29, 0.717) is 54.1 Å². The van der Waals surface area contributed by atoms with E-state index >= 15 is 0 Å². The number of nitriles is 1. The van der Waals surface area contributed by atoms with Gasteiger partial charge in [0, 0.05) is 60.0 Å². The second-order valence-corrected chi connectivity index (χ2v) is 11.0. The largest absolute Gasteiger partial charge is 0.393 e. The lowest BCUT2D eigenvalue weighted by molar-refractivity contribution is -0.149. The summed E-state index contributed by atoms with van der Waals surface area (Å²) in [7, 11) is 0. The molecule has 6 rings (SSSR count). The van der Waals surface area contributed by atoms with Gasteiger partial charge in [0.2, 0.25) is 5.91 Å². The number of aromatic nitrogens is 1. The summed E-state index contributed by atoms with van der Waals surface area (Å²) >= 11 is 0.996. The smallest absolute Gasteiger partial charge is 0.368 e. The number of alkyl halides is 4. The summed E-state index contributed by atoms with van der Waals surface area (Å²) in [5.74, 6) is -0.266. The second kappa shape index (κ2) is 7.03. The van der Waals surface area contributed by atoms with E-state index in [2.05, 4.69) is 16.4 Å². The van der Waals surface area contributed by atoms with Crippen LogP contribution in [0.25, 0.3) is 10.2 Å². The van der Waals surface area contributed by atoms with Crippen LogP contribution < -0.4 is 10.2 Å². The number of anilines is 1. The highest BCUT2D eigenvalue weighted by molar-refractivity contribution is 7.18. The molecule has 33 heavy (non-hydrogen) atoms. The van der Waals surface area contributed by atoms with E-state index in [1.54, 1.807) is 4.90 Å². The summed E-state index contributed by atoms with van der Waals surface area (Å²) in [5.41, 5.74) is 0.869. The first-order valence-corrected chi connectivity index (χ1v) is 11.8. The number of piperidine rings is 1. The molecule has 6 nitrogen and oxygen atoms in total. The van der Waals surface area contributed by atoms with E-state index in [-0.39, 0.29) is 28.2 Å². The molecule has 5 heterocycles. The lowest BCUT2D eigenvalue weighted by Crippen LogP contribution is -2.74. The van der Waals surface area contributed by atoms with Crippen molar-refractivity contribution < 1.29 is 22.4 Å². The molecule has 0 unspecified atom stereocenters. The standard InChI is InChI=1S/C22H21F4N5OS/c23-16-2-12-1-14(16)17(29-12)20(32)31-9-21(10-31)7-30(8-21)18-11(5-27)6-28-19-15(18)3-13(33-19)4-22(24,25)26/h3,6,12,14,16-17,29H,1-2,4,7-10H2/t12-,14+,16-,17-/m0/s1. The maximum atomic E-state index is 14.1. The predicted octanol–water partition coefficient (Wildman–Crippen LogP) is 3.01. The van der Waals surface area contributed by atoms with E-state index in [0.717, 1.165) is 17.8 Å². The zero-order chi connectivity index (χ0) is 23.1. The molecule has 1 aliphatic carbocycles. The molecule has 1 N–H and O–H groups in total. The highest BCUT2D eigenvalue weighted by Gasteiger charge is 2.57. The van der Waals surface area contributed by atoms with Crippen molar-refractivity contribution >= 4 is 33.1 Å². The summed E-state index contributed by atoms with van der Waals surface area (Å²) in [5, 5.41) is 13.4. The Hall–Kier alpha value is -2.45. The molecule has 1 amide bonds. The predicted molar refractivity (Wildman–Crippen MR) is 114 cm³/mol. The Morgan fingerprint density at radius 3 is 2.70 bits per heavy atom. The van der Waals surface area contributed by atoms with E-state index in [9.17, 15) is 27.6 Å². The fourth-order valence-electron chi connectivity index (χ4n) is 6.10. The van der Waals surface area contributed by atoms with Crippen LogP contribution in [0, 0.1) is 22.7 Å². The van der Waals surface area contributed by atoms with Gasteiger partial charge in [-0.15, -0.1) is 11.3 Å². The minimum atomic E-state index is -4.31. The lowest BCUT2D eigenvalue weighted by atomic mass is 9.72. The van der Waals surface area contributed by atoms with Crippen LogP contribution in [0.3, 0.4) is 0 Å². The third-order valence-corrected chi connectivity index (χ3v) is 8.50. The number of hydrogen-bond donors (Lipinski definition) is 1. The molecule has 4 fully saturated rings. The Morgan fingerprint density at radius 1 is 1.30 bits per heavy atom. The normalized spacial score (nSPS) is 29.9. The Bertz CT molecular complexity index is 1180. The molecule has 2 bridgehead atoms. The first-order chi connectivity index (χ1) is 15.6. The van der Waals surface area contributed by atoms with Crippen molar-refractivity contribution in [1.82, 2.24) is 15.2 Å². The van der Waals surface area contributed by atoms with Crippen molar-refractivity contribution in [1.29, 1.82) is 5.26 Å². The Kier molecular flexibility index (Phi) is 4.49. The maximum Gasteiger partial charge on any atom is 0.393 e. The van der Waals surface area contributed by atoms with Gasteiger partial charge in [0.1, 0.15) is 17.1 Å². The third kappa shape index (κ3) is 3.37. The third-order valence-electron chi connectivity index (χ3n) is 7.45. The summed E-state index contributed by atoms with van der Waals surface area (Å²) in [6.45, 7) is 2.39. The lowest BCUT2D eigenvalue weighted by Gasteiger charge is -2.61. The molecule has 2 aromatic rings. The molecule has 11 heteroatoms. The molecular weight excluding hydrogens is 458 g/mol. The highest BCUT2D eigenvalue weighted by atomic mass is 32.1. The van der Waals surface area contributed by atoms with Crippen molar-refractivity contribution in [2.24, 2.45) is 11.3 Å². The number of carbonyl (C=O) groups excluding carboxylic acids is 1. The van der Waals surface area contributed by atoms with Crippen LogP contribution >= 0.6 is 11.3 Å². The van der Waals surface area contributed by atoms with Crippen molar-refractivity contribution in [3.63, 3.8) is 0 Å². The molecule has 174 valence electrons. The maximum absolute atomic E-state index is 14.1. The van der Waals surface area contributed by atoms with Gasteiger partial charge in [0.25, 0.3) is 0 Å². The van der Waals surface area contributed by atoms with Gasteiger partial charge in [-0.3, -0.25) is 4.79 Å². The zero-order valence-corrected chi connectivity index (χ0v) is 18.3. The molecule has 3 saturated heterocycles. The number of nitrogens with one attached hydrogen (secondary N) is 1. The van der Waals surface area contributed by atoms with Gasteiger partial charge in [0.15, 0.2) is 0 Å². The number of pyridine rings is 1. The fraction of sp³-hybridized carbons (Fsp3) is 0.591. The van der Waals surface area contributed by atoms with Gasteiger partial charge in [-0.2, -0.15) is 18.4 Å². The van der Waals surface area contributed by atoms with E-state index in [1.807, 2.05) is 4.90 Å². The molecule has 0 radical (unpaired) electrons. The van der Waals surface area contributed by atoms with Crippen molar-refractivity contribution in [3.8, 4) is 6.07 Å². The van der Waals surface area contributed by atoms with E-state index < -0.39 is 24.8 Å². The first kappa shape index (κ1) is 21.1. The fourth-order valence-corrected chi connectivity index (χ4v) is 7.13. The van der Waals surface area contributed by atoms with Crippen LogP contribution in [0.5, 0.6) is 0 Å². The van der Waals surface area contributed by atoms with E-state index in [1.165, 1.54) is 12.3 Å². The quantitative estimate of drug-likeness (QED) is 0.686. The second-order valence-electron chi connectivity index (χ2n) is 9.90. The van der Waals surface area contributed by atoms with E-state index in [4.69, 9.17) is 0 Å². The molecule has 1 spiro atoms. The van der Waals surface area contributed by atoms with Crippen LogP contribution in [0.2, 0.25) is 0 Å². The Balaban J connectivity index is 1.16. The van der Waals surface area contributed by atoms with Crippen molar-refractivity contribution in [2.75, 3.05) is 31.1 Å². The summed E-state index contributed by atoms with van der Waals surface area (Å²) in [6, 6.07) is 3.27. The minimum Gasteiger partial charge on any atom is -0.368 e. The molecule has 4 aliphatic rings. The number of amides is 1. The molecule has 3 aliphatic heterocycles. The SMILES string of the molecule is N#Cc1cnc2sc(CC(F)(F)F)cc2c1N1CC2(CN(C(=O)[C@H]3N[C@H]4C[C@@H]3[C@@H](F)C4)C2)C1. The topological polar surface area (TPSA) is 72.3 Å². The van der Waals surface area contributed by atoms with Gasteiger partial charge in [0.05, 0.1) is 23.7 Å². The zero-order valence-electron chi connectivity index (χ0n) is 17.5. The number of thiophene rings is 1. The molecule has 1 saturated carbocycles. The summed E-state index contributed by atoms with van der Waals surface area (Å²) < 4.78 is 52.6. The van der Waals surface area contributed by atoms with Gasteiger partial charge in [-0.05, 0) is 18.9 Å². The van der Waals surface area contributed by atoms with Crippen molar-refractivity contribution in [2.45, 2.75) is 43.7 Å². The molecule has 4 atom stereocenters. The minimum absolute atomic E-state index is 0.0347. The molecule has 0 aromatic carbocycles. The number of hydrogen-bond acceptors (Lipinski definition) is 6. The molecule has 2 aromatic heterocycles. The Labute approximate surface area is 191 Å². The van der Waals surface area contributed by atoms with Crippen LogP contribution in [-0.2, 0) is 11.2 Å². The van der Waals surface area contributed by atoms with Crippen LogP contribution in [0.4, 0.5) is 23.2 Å². The number of likely N-dealkylation sites (tertiary alicyclic amines) is 1. The number of nitrogens with zero attached hydrogens (tertiary/aromatic N) is 4. The number of rotatable bonds is 3. The molecular formula is C22H21F4N5OS. The number of halogens is 4. The van der Waals surface area contributed by atoms with Crippen LogP contribution in [0.1, 0.15) is 23.3 Å². The Morgan fingerprint density at radius 2 is 2.06 bits per heavy atom. The van der Waals surface area contributed by atoms with Gasteiger partial charge in [-0.1, -0.05) is 0 Å². The van der Waals surface area contributed by atoms with Crippen LogP contribution in [-0.4, -0.2) is 66.4 Å². The van der Waals surface area contributed by atoms with Gasteiger partial charge >= 0.3 is 6.18 Å². The number of fused-ring (bicyclic) bond motifs is 3. The monoisotopic (exact) mass is 479 g/mol. The summed E-state index contributed by atoms with van der Waals surface area (Å²) in [4.78, 5) is 21.5. The van der Waals surface area contributed by atoms with Crippen molar-refractivity contribution in [3.05, 3.63) is 22.7 Å². The summed E-state index contributed by atoms with van der Waals surface area (Å²) in [6.07, 6.45) is -3.61. The van der Waals surface area contributed by atoms with Crippen LogP contribution in [0.15, 0.2) is 12.3 Å². The highest BCUT2D eigenvalue weighted by Crippen LogP contribution is 2.47. The first-order valence-electron chi connectivity index (χ1n) is 11.0. The average molecular weight is 480 g/mol. The van der Waals surface area contributed by atoms with Gasteiger partial charge in [-0.25, -0.2) is 9.37 Å².